The van der Waals surface area contributed by atoms with Crippen LogP contribution >= 0.6 is 23.2 Å². The smallest absolute Gasteiger partial charge is 0.276 e. The number of carbonyl (C=O) groups excluding carboxylic acids is 1. The van der Waals surface area contributed by atoms with Gasteiger partial charge >= 0.3 is 0 Å². The second-order valence-electron chi connectivity index (χ2n) is 10.1. The first-order chi connectivity index (χ1) is 18.3. The molecule has 1 saturated heterocycles. The number of piperidine rings is 1. The fourth-order valence-electron chi connectivity index (χ4n) is 5.22. The van der Waals surface area contributed by atoms with E-state index in [1.54, 1.807) is 19.1 Å². The van der Waals surface area contributed by atoms with Crippen LogP contribution in [0.25, 0.3) is 0 Å². The fraction of sp³-hybridized carbons (Fsp3) is 0.444. The average molecular weight is 561 g/mol. The Balaban J connectivity index is 1.31. The van der Waals surface area contributed by atoms with Gasteiger partial charge < -0.3 is 25.8 Å². The zero-order chi connectivity index (χ0) is 26.9. The summed E-state index contributed by atoms with van der Waals surface area (Å²) in [5.41, 5.74) is 2.65. The number of alkyl halides is 1. The van der Waals surface area contributed by atoms with Gasteiger partial charge in [-0.3, -0.25) is 4.79 Å². The van der Waals surface area contributed by atoms with Crippen LogP contribution in [-0.2, 0) is 0 Å². The number of benzene rings is 1. The summed E-state index contributed by atoms with van der Waals surface area (Å²) in [4.78, 5) is 16.3. The summed E-state index contributed by atoms with van der Waals surface area (Å²) in [5, 5.41) is 18.4. The van der Waals surface area contributed by atoms with Crippen LogP contribution in [0.3, 0.4) is 0 Å². The van der Waals surface area contributed by atoms with Gasteiger partial charge in [0.2, 0.25) is 0 Å². The van der Waals surface area contributed by atoms with Gasteiger partial charge in [-0.05, 0) is 63.2 Å². The molecule has 202 valence electrons. The maximum absolute atomic E-state index is 14.5. The highest BCUT2D eigenvalue weighted by molar-refractivity contribution is 6.33. The number of nitrogens with zero attached hydrogens (tertiary/aromatic N) is 4. The first-order valence-corrected chi connectivity index (χ1v) is 13.6. The monoisotopic (exact) mass is 559 g/mol. The number of allylic oxidation sites excluding steroid dienone is 3. The maximum Gasteiger partial charge on any atom is 0.276 e. The number of aromatic nitrogens is 2. The van der Waals surface area contributed by atoms with E-state index in [1.165, 1.54) is 6.08 Å². The van der Waals surface area contributed by atoms with Crippen molar-refractivity contribution < 1.29 is 9.18 Å². The Morgan fingerprint density at radius 1 is 1.21 bits per heavy atom. The van der Waals surface area contributed by atoms with Gasteiger partial charge in [0.15, 0.2) is 11.5 Å². The highest BCUT2D eigenvalue weighted by atomic mass is 35.5. The second-order valence-corrected chi connectivity index (χ2v) is 11.3. The molecule has 1 aromatic carbocycles. The van der Waals surface area contributed by atoms with Crippen molar-refractivity contribution in [3.63, 3.8) is 0 Å². The molecule has 0 bridgehead atoms. The van der Waals surface area contributed by atoms with E-state index in [-0.39, 0.29) is 11.6 Å². The molecule has 2 atom stereocenters. The van der Waals surface area contributed by atoms with Crippen molar-refractivity contribution in [3.8, 4) is 0 Å². The van der Waals surface area contributed by atoms with Gasteiger partial charge in [0, 0.05) is 61.1 Å². The van der Waals surface area contributed by atoms with Crippen molar-refractivity contribution in [1.82, 2.24) is 15.5 Å². The molecule has 2 aliphatic heterocycles. The minimum atomic E-state index is -1.26. The molecule has 5 rings (SSSR count). The molecule has 38 heavy (non-hydrogen) atoms. The Morgan fingerprint density at radius 3 is 2.76 bits per heavy atom. The van der Waals surface area contributed by atoms with Gasteiger partial charge in [-0.2, -0.15) is 0 Å². The van der Waals surface area contributed by atoms with E-state index in [1.807, 2.05) is 30.1 Å². The second kappa shape index (κ2) is 11.1. The molecule has 0 spiro atoms. The zero-order valence-electron chi connectivity index (χ0n) is 21.5. The number of anilines is 4. The summed E-state index contributed by atoms with van der Waals surface area (Å²) >= 11 is 13.0. The van der Waals surface area contributed by atoms with Crippen LogP contribution < -0.4 is 25.8 Å². The zero-order valence-corrected chi connectivity index (χ0v) is 23.0. The Morgan fingerprint density at radius 2 is 2.00 bits per heavy atom. The third kappa shape index (κ3) is 5.46. The minimum Gasteiger partial charge on any atom is -0.371 e. The molecule has 1 aromatic heterocycles. The van der Waals surface area contributed by atoms with Crippen LogP contribution in [0.5, 0.6) is 0 Å². The number of carbonyl (C=O) groups is 1. The molecular formula is C27H32Cl2FN7O. The average Bonchev–Trinajstić information content (AvgIpc) is 2.93. The maximum atomic E-state index is 14.5. The number of fused-ring (bicyclic) bond motifs is 1. The van der Waals surface area contributed by atoms with Gasteiger partial charge in [0.05, 0.1) is 5.69 Å². The third-order valence-electron chi connectivity index (χ3n) is 7.64. The lowest BCUT2D eigenvalue weighted by atomic mass is 9.87. The lowest BCUT2D eigenvalue weighted by molar-refractivity contribution is 0.102. The first kappa shape index (κ1) is 26.7. The van der Waals surface area contributed by atoms with Crippen molar-refractivity contribution in [3.05, 3.63) is 59.0 Å². The summed E-state index contributed by atoms with van der Waals surface area (Å²) in [6, 6.07) is 10.1. The van der Waals surface area contributed by atoms with Crippen LogP contribution in [-0.4, -0.2) is 66.8 Å². The number of halogens is 3. The molecule has 3 aliphatic rings. The van der Waals surface area contributed by atoms with Crippen molar-refractivity contribution >= 4 is 52.0 Å². The van der Waals surface area contributed by atoms with Crippen LogP contribution in [0.4, 0.5) is 27.3 Å². The van der Waals surface area contributed by atoms with Gasteiger partial charge in [0.25, 0.3) is 5.91 Å². The lowest BCUT2D eigenvalue weighted by Gasteiger charge is -2.39. The molecule has 0 saturated carbocycles. The predicted molar refractivity (Wildman–Crippen MR) is 152 cm³/mol. The van der Waals surface area contributed by atoms with Crippen molar-refractivity contribution in [2.24, 2.45) is 5.92 Å². The minimum absolute atomic E-state index is 0.183. The highest BCUT2D eigenvalue weighted by Crippen LogP contribution is 2.44. The van der Waals surface area contributed by atoms with Crippen molar-refractivity contribution in [2.75, 3.05) is 60.2 Å². The Bertz CT molecular complexity index is 1260. The van der Waals surface area contributed by atoms with Crippen molar-refractivity contribution in [1.29, 1.82) is 0 Å². The Labute approximate surface area is 232 Å². The fourth-order valence-corrected chi connectivity index (χ4v) is 5.87. The van der Waals surface area contributed by atoms with Crippen LogP contribution in [0.2, 0.25) is 0 Å². The number of hydrogen-bond donors (Lipinski definition) is 3. The van der Waals surface area contributed by atoms with Crippen LogP contribution in [0.1, 0.15) is 30.3 Å². The Kier molecular flexibility index (Phi) is 7.79. The van der Waals surface area contributed by atoms with E-state index in [0.717, 1.165) is 31.6 Å². The lowest BCUT2D eigenvalue weighted by Crippen LogP contribution is -2.44. The standard InChI is InChI=1S/C27H32Cl2FN7O/c1-27(29)20(21(28)6-7-24(27)30)16-37-13-10-32-25-23(37)15-22(34-35-25)26(38)33-18-4-3-5-19(14-18)36-11-8-17(31-2)9-12-36/h3-7,14-15,17,20,31H,8-13,16H2,1-2H3,(H,32,35)(H,33,38). The molecular weight excluding hydrogens is 528 g/mol. The third-order valence-corrected chi connectivity index (χ3v) is 8.47. The molecule has 1 fully saturated rings. The summed E-state index contributed by atoms with van der Waals surface area (Å²) < 4.78 is 14.5. The SMILES string of the molecule is CNC1CCN(c2cccc(NC(=O)c3cc4c(nn3)NCCN4CC3C(Cl)=CC=C(F)C3(C)Cl)c2)CC1. The molecule has 2 aromatic rings. The molecule has 3 heterocycles. The van der Waals surface area contributed by atoms with E-state index in [2.05, 4.69) is 37.1 Å². The summed E-state index contributed by atoms with van der Waals surface area (Å²) in [6.07, 6.45) is 5.02. The van der Waals surface area contributed by atoms with E-state index in [0.29, 0.717) is 47.9 Å². The molecule has 1 aliphatic carbocycles. The number of amides is 1. The number of nitrogens with one attached hydrogen (secondary N) is 3. The van der Waals surface area contributed by atoms with Crippen molar-refractivity contribution in [2.45, 2.75) is 30.7 Å². The van der Waals surface area contributed by atoms with E-state index < -0.39 is 16.6 Å². The summed E-state index contributed by atoms with van der Waals surface area (Å²) in [7, 11) is 2.00. The number of hydrogen-bond acceptors (Lipinski definition) is 7. The molecule has 11 heteroatoms. The molecule has 3 N–H and O–H groups in total. The predicted octanol–water partition coefficient (Wildman–Crippen LogP) is 4.75. The Hall–Kier alpha value is -2.88. The largest absolute Gasteiger partial charge is 0.371 e. The molecule has 0 radical (unpaired) electrons. The van der Waals surface area contributed by atoms with Crippen LogP contribution in [0.15, 0.2) is 53.3 Å². The normalized spacial score (nSPS) is 23.8. The summed E-state index contributed by atoms with van der Waals surface area (Å²) in [5.74, 6) is -0.690. The molecule has 2 unspecified atom stereocenters. The van der Waals surface area contributed by atoms with E-state index in [9.17, 15) is 9.18 Å². The van der Waals surface area contributed by atoms with Crippen LogP contribution in [0, 0.1) is 5.92 Å². The molecule has 1 amide bonds. The number of rotatable bonds is 6. The topological polar surface area (TPSA) is 85.4 Å². The quantitative estimate of drug-likeness (QED) is 0.440. The summed E-state index contributed by atoms with van der Waals surface area (Å²) in [6.45, 7) is 5.16. The van der Waals surface area contributed by atoms with E-state index in [4.69, 9.17) is 23.2 Å². The van der Waals surface area contributed by atoms with Gasteiger partial charge in [-0.25, -0.2) is 4.39 Å². The van der Waals surface area contributed by atoms with Gasteiger partial charge in [-0.1, -0.05) is 17.7 Å². The first-order valence-electron chi connectivity index (χ1n) is 12.9. The highest BCUT2D eigenvalue weighted by Gasteiger charge is 2.42. The van der Waals surface area contributed by atoms with Gasteiger partial charge in [-0.15, -0.1) is 21.8 Å². The van der Waals surface area contributed by atoms with Gasteiger partial charge in [0.1, 0.15) is 10.7 Å². The van der Waals surface area contributed by atoms with E-state index >= 15 is 0 Å². The molecule has 8 nitrogen and oxygen atoms in total.